The molecule has 144 valence electrons. The van der Waals surface area contributed by atoms with Crippen molar-refractivity contribution in [1.29, 1.82) is 0 Å². The number of hydrogen-bond donors (Lipinski definition) is 1. The van der Waals surface area contributed by atoms with E-state index in [1.165, 1.54) is 7.11 Å². The molecule has 0 aliphatic carbocycles. The van der Waals surface area contributed by atoms with Gasteiger partial charge in [-0.1, -0.05) is 11.6 Å². The zero-order chi connectivity index (χ0) is 20.3. The van der Waals surface area contributed by atoms with Crippen molar-refractivity contribution in [3.63, 3.8) is 0 Å². The van der Waals surface area contributed by atoms with Crippen LogP contribution in [0, 0.1) is 13.8 Å². The minimum absolute atomic E-state index is 0.290. The van der Waals surface area contributed by atoms with E-state index >= 15 is 0 Å². The number of fused-ring (bicyclic) bond motifs is 1. The maximum absolute atomic E-state index is 12.3. The third-order valence-corrected chi connectivity index (χ3v) is 4.32. The van der Waals surface area contributed by atoms with Crippen LogP contribution in [0.3, 0.4) is 0 Å². The molecule has 1 N–H and O–H groups in total. The Kier molecular flexibility index (Phi) is 5.75. The molecule has 3 aromatic rings. The molecule has 0 fully saturated rings. The first-order chi connectivity index (χ1) is 13.4. The Hall–Kier alpha value is -3.19. The first-order valence-corrected chi connectivity index (χ1v) is 8.80. The van der Waals surface area contributed by atoms with Crippen LogP contribution in [0.2, 0.25) is 5.02 Å². The van der Waals surface area contributed by atoms with Gasteiger partial charge in [-0.2, -0.15) is 0 Å². The van der Waals surface area contributed by atoms with Gasteiger partial charge in [-0.15, -0.1) is 0 Å². The molecule has 8 heteroatoms. The fraction of sp³-hybridized carbons (Fsp3) is 0.200. The molecule has 28 heavy (non-hydrogen) atoms. The summed E-state index contributed by atoms with van der Waals surface area (Å²) >= 11 is 5.93. The number of carbonyl (C=O) groups is 2. The average Bonchev–Trinajstić information content (AvgIpc) is 2.67. The number of ether oxygens (including phenoxy) is 2. The smallest absolute Gasteiger partial charge is 0.338 e. The van der Waals surface area contributed by atoms with Crippen LogP contribution in [-0.2, 0) is 9.53 Å². The van der Waals surface area contributed by atoms with Crippen molar-refractivity contribution < 1.29 is 19.1 Å². The number of nitrogens with one attached hydrogen (secondary N) is 1. The van der Waals surface area contributed by atoms with Gasteiger partial charge in [0.05, 0.1) is 40.8 Å². The molecule has 0 aliphatic rings. The summed E-state index contributed by atoms with van der Waals surface area (Å²) in [7, 11) is 1.48. The second-order valence-corrected chi connectivity index (χ2v) is 6.50. The number of hydrogen-bond acceptors (Lipinski definition) is 6. The van der Waals surface area contributed by atoms with Crippen LogP contribution in [0.15, 0.2) is 36.4 Å². The van der Waals surface area contributed by atoms with Gasteiger partial charge in [0.1, 0.15) is 5.75 Å². The number of aromatic nitrogens is 2. The van der Waals surface area contributed by atoms with Gasteiger partial charge in [0.15, 0.2) is 6.61 Å². The van der Waals surface area contributed by atoms with Gasteiger partial charge in [-0.05, 0) is 50.2 Å². The predicted molar refractivity (Wildman–Crippen MR) is 106 cm³/mol. The molecule has 7 nitrogen and oxygen atoms in total. The number of halogens is 1. The second kappa shape index (κ2) is 8.22. The summed E-state index contributed by atoms with van der Waals surface area (Å²) < 4.78 is 10.3. The number of aryl methyl sites for hydroxylation is 2. The SMILES string of the molecule is COc1ccc(Cl)cc1NC(=O)COC(=O)c1ccc2nc(C)c(C)nc2c1. The number of rotatable bonds is 5. The maximum atomic E-state index is 12.3. The third-order valence-electron chi connectivity index (χ3n) is 4.08. The molecule has 3 rings (SSSR count). The van der Waals surface area contributed by atoms with Gasteiger partial charge < -0.3 is 14.8 Å². The molecule has 0 radical (unpaired) electrons. The van der Waals surface area contributed by atoms with Gasteiger partial charge in [-0.3, -0.25) is 4.79 Å². The number of anilines is 1. The van der Waals surface area contributed by atoms with Crippen LogP contribution in [0.25, 0.3) is 11.0 Å². The molecule has 1 aromatic heterocycles. The van der Waals surface area contributed by atoms with E-state index in [1.54, 1.807) is 36.4 Å². The molecule has 1 heterocycles. The summed E-state index contributed by atoms with van der Waals surface area (Å²) in [6.07, 6.45) is 0. The maximum Gasteiger partial charge on any atom is 0.338 e. The van der Waals surface area contributed by atoms with Gasteiger partial charge in [0, 0.05) is 5.02 Å². The molecule has 0 bridgehead atoms. The monoisotopic (exact) mass is 399 g/mol. The van der Waals surface area contributed by atoms with E-state index in [1.807, 2.05) is 13.8 Å². The highest BCUT2D eigenvalue weighted by Crippen LogP contribution is 2.27. The molecule has 1 amide bonds. The van der Waals surface area contributed by atoms with Crippen LogP contribution in [0.5, 0.6) is 5.75 Å². The number of esters is 1. The minimum atomic E-state index is -0.630. The topological polar surface area (TPSA) is 90.4 Å². The second-order valence-electron chi connectivity index (χ2n) is 6.07. The van der Waals surface area contributed by atoms with Crippen LogP contribution in [0.4, 0.5) is 5.69 Å². The highest BCUT2D eigenvalue weighted by atomic mass is 35.5. The molecule has 0 spiro atoms. The summed E-state index contributed by atoms with van der Waals surface area (Å²) in [5, 5.41) is 3.05. The van der Waals surface area contributed by atoms with E-state index in [0.717, 1.165) is 11.4 Å². The Balaban J connectivity index is 1.67. The summed E-state index contributed by atoms with van der Waals surface area (Å²) in [5.41, 5.74) is 3.57. The quantitative estimate of drug-likeness (QED) is 0.658. The van der Waals surface area contributed by atoms with E-state index in [2.05, 4.69) is 15.3 Å². The fourth-order valence-electron chi connectivity index (χ4n) is 2.54. The summed E-state index contributed by atoms with van der Waals surface area (Å²) in [6.45, 7) is 3.27. The summed E-state index contributed by atoms with van der Waals surface area (Å²) in [6, 6.07) is 9.70. The average molecular weight is 400 g/mol. The van der Waals surface area contributed by atoms with Crippen molar-refractivity contribution >= 4 is 40.2 Å². The van der Waals surface area contributed by atoms with Crippen molar-refractivity contribution in [3.8, 4) is 5.75 Å². The number of amides is 1. The van der Waals surface area contributed by atoms with E-state index in [0.29, 0.717) is 27.5 Å². The fourth-order valence-corrected chi connectivity index (χ4v) is 2.71. The highest BCUT2D eigenvalue weighted by molar-refractivity contribution is 6.31. The molecular weight excluding hydrogens is 382 g/mol. The molecule has 0 saturated heterocycles. The lowest BCUT2D eigenvalue weighted by molar-refractivity contribution is -0.119. The zero-order valence-corrected chi connectivity index (χ0v) is 16.3. The number of nitrogens with zero attached hydrogens (tertiary/aromatic N) is 2. The van der Waals surface area contributed by atoms with Crippen molar-refractivity contribution in [2.45, 2.75) is 13.8 Å². The lowest BCUT2D eigenvalue weighted by Crippen LogP contribution is -2.21. The van der Waals surface area contributed by atoms with Gasteiger partial charge >= 0.3 is 5.97 Å². The predicted octanol–water partition coefficient (Wildman–Crippen LogP) is 3.70. The largest absolute Gasteiger partial charge is 0.495 e. The Labute approximate surface area is 166 Å². The van der Waals surface area contributed by atoms with Crippen molar-refractivity contribution in [2.24, 2.45) is 0 Å². The number of benzene rings is 2. The normalized spacial score (nSPS) is 10.6. The highest BCUT2D eigenvalue weighted by Gasteiger charge is 2.14. The van der Waals surface area contributed by atoms with Crippen molar-refractivity contribution in [2.75, 3.05) is 19.0 Å². The molecule has 0 unspecified atom stereocenters. The summed E-state index contributed by atoms with van der Waals surface area (Å²) in [4.78, 5) is 33.2. The third kappa shape index (κ3) is 4.37. The van der Waals surface area contributed by atoms with Gasteiger partial charge in [0.25, 0.3) is 5.91 Å². The van der Waals surface area contributed by atoms with E-state index < -0.39 is 18.5 Å². The van der Waals surface area contributed by atoms with Crippen molar-refractivity contribution in [3.05, 3.63) is 58.4 Å². The first-order valence-electron chi connectivity index (χ1n) is 8.43. The van der Waals surface area contributed by atoms with Crippen LogP contribution >= 0.6 is 11.6 Å². The van der Waals surface area contributed by atoms with E-state index in [-0.39, 0.29) is 5.56 Å². The lowest BCUT2D eigenvalue weighted by atomic mass is 10.2. The molecule has 0 aliphatic heterocycles. The Morgan fingerprint density at radius 3 is 2.46 bits per heavy atom. The zero-order valence-electron chi connectivity index (χ0n) is 15.6. The van der Waals surface area contributed by atoms with Crippen molar-refractivity contribution in [1.82, 2.24) is 9.97 Å². The Morgan fingerprint density at radius 1 is 1.04 bits per heavy atom. The number of carbonyl (C=O) groups excluding carboxylic acids is 2. The lowest BCUT2D eigenvalue weighted by Gasteiger charge is -2.11. The van der Waals surface area contributed by atoms with Gasteiger partial charge in [0.2, 0.25) is 0 Å². The van der Waals surface area contributed by atoms with Gasteiger partial charge in [-0.25, -0.2) is 14.8 Å². The van der Waals surface area contributed by atoms with Crippen LogP contribution in [-0.4, -0.2) is 35.6 Å². The van der Waals surface area contributed by atoms with E-state index in [4.69, 9.17) is 21.1 Å². The Morgan fingerprint density at radius 2 is 1.75 bits per heavy atom. The van der Waals surface area contributed by atoms with E-state index in [9.17, 15) is 9.59 Å². The van der Waals surface area contributed by atoms with Crippen LogP contribution < -0.4 is 10.1 Å². The number of methoxy groups -OCH3 is 1. The molecule has 0 atom stereocenters. The standard InChI is InChI=1S/C20H18ClN3O4/c1-11-12(2)23-16-8-13(4-6-15(16)22-11)20(26)28-10-19(25)24-17-9-14(21)5-7-18(17)27-3/h4-9H,10H2,1-3H3,(H,24,25). The molecular formula is C20H18ClN3O4. The van der Waals surface area contributed by atoms with Crippen LogP contribution in [0.1, 0.15) is 21.7 Å². The minimum Gasteiger partial charge on any atom is -0.495 e. The summed E-state index contributed by atoms with van der Waals surface area (Å²) in [5.74, 6) is -0.695. The molecule has 0 saturated carbocycles. The first kappa shape index (κ1) is 19.6. The molecule has 2 aromatic carbocycles. The Bertz CT molecular complexity index is 1070.